The molecule has 48 valence electrons. The lowest BCUT2D eigenvalue weighted by Gasteiger charge is -2.13. The topological polar surface area (TPSA) is 48.1 Å². The highest BCUT2D eigenvalue weighted by atomic mass is 15.2. The fraction of sp³-hybridized carbons (Fsp3) is 1.00. The van der Waals surface area contributed by atoms with Gasteiger partial charge in [-0.05, 0) is 0 Å². The van der Waals surface area contributed by atoms with Crippen molar-refractivity contribution in [2.45, 2.75) is 0 Å². The van der Waals surface area contributed by atoms with Crippen LogP contribution in [0.4, 0.5) is 0 Å². The summed E-state index contributed by atoms with van der Waals surface area (Å²) in [6.45, 7) is 3.50. The fourth-order valence-electron chi connectivity index (χ4n) is 0.604. The summed E-state index contributed by atoms with van der Waals surface area (Å²) in [6.07, 6.45) is 0. The third-order valence-corrected chi connectivity index (χ3v) is 1.000. The van der Waals surface area contributed by atoms with Gasteiger partial charge in [-0.2, -0.15) is 0 Å². The first-order valence-corrected chi connectivity index (χ1v) is 2.83. The van der Waals surface area contributed by atoms with Crippen molar-refractivity contribution in [1.29, 1.82) is 0 Å². The smallest absolute Gasteiger partial charge is 0.0474 e. The van der Waals surface area contributed by atoms with Crippen molar-refractivity contribution < 1.29 is 0 Å². The van der Waals surface area contributed by atoms with Crippen molar-refractivity contribution in [3.8, 4) is 0 Å². The third-order valence-electron chi connectivity index (χ3n) is 1.000. The molecule has 1 aliphatic rings. The van der Waals surface area contributed by atoms with Gasteiger partial charge >= 0.3 is 0 Å². The standard InChI is InChI=1S/C4H12N4/c1-5-2-7-4-8-3-6-1/h5-8H,1-4H2. The van der Waals surface area contributed by atoms with Crippen LogP contribution in [0.3, 0.4) is 0 Å². The van der Waals surface area contributed by atoms with E-state index < -0.39 is 0 Å². The Morgan fingerprint density at radius 1 is 0.500 bits per heavy atom. The average molecular weight is 116 g/mol. The summed E-state index contributed by atoms with van der Waals surface area (Å²) in [5, 5.41) is 12.5. The first-order valence-electron chi connectivity index (χ1n) is 2.83. The van der Waals surface area contributed by atoms with E-state index in [1.807, 2.05) is 0 Å². The van der Waals surface area contributed by atoms with Crippen LogP contribution in [0.5, 0.6) is 0 Å². The van der Waals surface area contributed by atoms with Crippen molar-refractivity contribution in [2.24, 2.45) is 0 Å². The number of hydrogen-bond acceptors (Lipinski definition) is 4. The zero-order valence-corrected chi connectivity index (χ0v) is 4.83. The summed E-state index contributed by atoms with van der Waals surface area (Å²) in [4.78, 5) is 0. The molecule has 0 aromatic heterocycles. The molecule has 1 heterocycles. The van der Waals surface area contributed by atoms with E-state index in [9.17, 15) is 0 Å². The molecule has 0 atom stereocenters. The first-order chi connectivity index (χ1) is 4.00. The normalized spacial score (nSPS) is 24.0. The van der Waals surface area contributed by atoms with Crippen molar-refractivity contribution in [3.05, 3.63) is 0 Å². The van der Waals surface area contributed by atoms with Crippen molar-refractivity contribution in [1.82, 2.24) is 21.3 Å². The second kappa shape index (κ2) is 3.80. The maximum absolute atomic E-state index is 3.12. The quantitative estimate of drug-likeness (QED) is 0.301. The minimum Gasteiger partial charge on any atom is -0.292 e. The van der Waals surface area contributed by atoms with Gasteiger partial charge in [0, 0.05) is 26.7 Å². The molecule has 0 aromatic rings. The summed E-state index contributed by atoms with van der Waals surface area (Å²) < 4.78 is 0. The van der Waals surface area contributed by atoms with Gasteiger partial charge in [0.2, 0.25) is 0 Å². The Morgan fingerprint density at radius 2 is 0.750 bits per heavy atom. The summed E-state index contributed by atoms with van der Waals surface area (Å²) in [6, 6.07) is 0. The van der Waals surface area contributed by atoms with Gasteiger partial charge in [-0.15, -0.1) is 0 Å². The third kappa shape index (κ3) is 2.23. The van der Waals surface area contributed by atoms with Crippen LogP contribution in [0.2, 0.25) is 0 Å². The molecule has 1 saturated heterocycles. The maximum atomic E-state index is 3.12. The van der Waals surface area contributed by atoms with E-state index in [1.54, 1.807) is 0 Å². The van der Waals surface area contributed by atoms with Gasteiger partial charge < -0.3 is 0 Å². The van der Waals surface area contributed by atoms with E-state index in [2.05, 4.69) is 21.3 Å². The fourth-order valence-corrected chi connectivity index (χ4v) is 0.604. The van der Waals surface area contributed by atoms with Crippen LogP contribution in [-0.2, 0) is 0 Å². The summed E-state index contributed by atoms with van der Waals surface area (Å²) in [5.41, 5.74) is 0. The summed E-state index contributed by atoms with van der Waals surface area (Å²) in [5.74, 6) is 0. The molecule has 0 aliphatic carbocycles. The second-order valence-electron chi connectivity index (χ2n) is 1.71. The number of hydrogen-bond donors (Lipinski definition) is 4. The summed E-state index contributed by atoms with van der Waals surface area (Å²) in [7, 11) is 0. The van der Waals surface area contributed by atoms with Gasteiger partial charge in [-0.1, -0.05) is 0 Å². The van der Waals surface area contributed by atoms with Crippen molar-refractivity contribution in [2.75, 3.05) is 26.7 Å². The molecular weight excluding hydrogens is 104 g/mol. The Hall–Kier alpha value is -0.160. The number of nitrogens with one attached hydrogen (secondary N) is 4. The van der Waals surface area contributed by atoms with Crippen LogP contribution >= 0.6 is 0 Å². The van der Waals surface area contributed by atoms with E-state index in [-0.39, 0.29) is 0 Å². The molecule has 4 heteroatoms. The van der Waals surface area contributed by atoms with Crippen LogP contribution in [-0.4, -0.2) is 26.7 Å². The maximum Gasteiger partial charge on any atom is 0.0474 e. The van der Waals surface area contributed by atoms with E-state index in [0.29, 0.717) is 0 Å². The highest BCUT2D eigenvalue weighted by molar-refractivity contribution is 4.49. The molecule has 1 rings (SSSR count). The molecular formula is C4H12N4. The predicted octanol–water partition coefficient (Wildman–Crippen LogP) is -1.81. The molecule has 0 bridgehead atoms. The summed E-state index contributed by atoms with van der Waals surface area (Å²) >= 11 is 0. The second-order valence-corrected chi connectivity index (χ2v) is 1.71. The van der Waals surface area contributed by atoms with Gasteiger partial charge in [-0.25, -0.2) is 0 Å². The largest absolute Gasteiger partial charge is 0.292 e. The predicted molar refractivity (Wildman–Crippen MR) is 32.0 cm³/mol. The Kier molecular flexibility index (Phi) is 2.83. The van der Waals surface area contributed by atoms with Crippen LogP contribution in [0.25, 0.3) is 0 Å². The van der Waals surface area contributed by atoms with Crippen LogP contribution < -0.4 is 21.3 Å². The molecule has 0 aromatic carbocycles. The minimum absolute atomic E-state index is 0.875. The highest BCUT2D eigenvalue weighted by Gasteiger charge is 1.89. The Balaban J connectivity index is 2.00. The molecule has 0 saturated carbocycles. The van der Waals surface area contributed by atoms with E-state index >= 15 is 0 Å². The molecule has 4 N–H and O–H groups in total. The van der Waals surface area contributed by atoms with Gasteiger partial charge in [0.1, 0.15) is 0 Å². The molecule has 8 heavy (non-hydrogen) atoms. The monoisotopic (exact) mass is 116 g/mol. The van der Waals surface area contributed by atoms with E-state index in [1.165, 1.54) is 0 Å². The highest BCUT2D eigenvalue weighted by Crippen LogP contribution is 1.56. The molecule has 1 aliphatic heterocycles. The van der Waals surface area contributed by atoms with E-state index in [0.717, 1.165) is 26.7 Å². The molecule has 0 unspecified atom stereocenters. The van der Waals surface area contributed by atoms with Gasteiger partial charge in [0.05, 0.1) is 0 Å². The van der Waals surface area contributed by atoms with E-state index in [4.69, 9.17) is 0 Å². The van der Waals surface area contributed by atoms with Gasteiger partial charge in [0.25, 0.3) is 0 Å². The lowest BCUT2D eigenvalue weighted by atomic mass is 10.8. The van der Waals surface area contributed by atoms with Crippen molar-refractivity contribution >= 4 is 0 Å². The molecule has 1 fully saturated rings. The first kappa shape index (κ1) is 5.97. The zero-order valence-electron chi connectivity index (χ0n) is 4.83. The lowest BCUT2D eigenvalue weighted by molar-refractivity contribution is 0.443. The van der Waals surface area contributed by atoms with Gasteiger partial charge in [0.15, 0.2) is 0 Å². The van der Waals surface area contributed by atoms with Crippen LogP contribution in [0, 0.1) is 0 Å². The molecule has 0 amide bonds. The van der Waals surface area contributed by atoms with Crippen LogP contribution in [0.1, 0.15) is 0 Å². The molecule has 0 spiro atoms. The zero-order chi connectivity index (χ0) is 5.66. The number of rotatable bonds is 0. The molecule has 4 nitrogen and oxygen atoms in total. The van der Waals surface area contributed by atoms with Gasteiger partial charge in [-0.3, -0.25) is 21.3 Å². The minimum atomic E-state index is 0.875. The Morgan fingerprint density at radius 3 is 1.00 bits per heavy atom. The lowest BCUT2D eigenvalue weighted by Crippen LogP contribution is -2.47. The van der Waals surface area contributed by atoms with Crippen LogP contribution in [0.15, 0.2) is 0 Å². The Bertz CT molecular complexity index is 32.0. The average Bonchev–Trinajstić information content (AvgIpc) is 1.62. The van der Waals surface area contributed by atoms with Crippen molar-refractivity contribution in [3.63, 3.8) is 0 Å². The SMILES string of the molecule is C1NCNCNCN1. The Labute approximate surface area is 49.0 Å². The molecule has 0 radical (unpaired) electrons.